The Kier molecular flexibility index (Phi) is 14.8. The third-order valence-electron chi connectivity index (χ3n) is 8.72. The largest absolute Gasteiger partial charge is 0.465 e. The van der Waals surface area contributed by atoms with Crippen molar-refractivity contribution in [2.45, 2.75) is 52.3 Å². The molecule has 0 unspecified atom stereocenters. The molecule has 0 bridgehead atoms. The minimum atomic E-state index is -0.544. The van der Waals surface area contributed by atoms with Gasteiger partial charge in [-0.25, -0.2) is 28.3 Å². The minimum Gasteiger partial charge on any atom is -0.465 e. The molecule has 15 heteroatoms. The van der Waals surface area contributed by atoms with Crippen molar-refractivity contribution < 1.29 is 37.4 Å². The molecule has 59 heavy (non-hydrogen) atoms. The zero-order chi connectivity index (χ0) is 42.9. The summed E-state index contributed by atoms with van der Waals surface area (Å²) in [6, 6.07) is 19.8. The third kappa shape index (κ3) is 11.2. The molecule has 308 valence electrons. The molecular formula is C44H43Cl2F2N5O6. The number of aryl methyl sites for hydroxylation is 1. The number of esters is 3. The van der Waals surface area contributed by atoms with Gasteiger partial charge in [-0.15, -0.1) is 0 Å². The number of carbonyl (C=O) groups excluding carboxylic acids is 3. The Morgan fingerprint density at radius 2 is 1.17 bits per heavy atom. The average Bonchev–Trinajstić information content (AvgIpc) is 3.74. The molecule has 0 aliphatic rings. The van der Waals surface area contributed by atoms with E-state index in [0.29, 0.717) is 71.0 Å². The van der Waals surface area contributed by atoms with Gasteiger partial charge in [0.2, 0.25) is 0 Å². The van der Waals surface area contributed by atoms with Crippen molar-refractivity contribution in [3.05, 3.63) is 128 Å². The van der Waals surface area contributed by atoms with Gasteiger partial charge in [-0.3, -0.25) is 4.79 Å². The summed E-state index contributed by atoms with van der Waals surface area (Å²) in [5.41, 5.74) is 9.45. The van der Waals surface area contributed by atoms with E-state index in [1.54, 1.807) is 85.0 Å². The van der Waals surface area contributed by atoms with Gasteiger partial charge in [0, 0.05) is 37.2 Å². The van der Waals surface area contributed by atoms with Gasteiger partial charge in [0.25, 0.3) is 0 Å². The maximum atomic E-state index is 14.3. The lowest BCUT2D eigenvalue weighted by molar-refractivity contribution is -0.154. The van der Waals surface area contributed by atoms with Crippen LogP contribution in [0.1, 0.15) is 77.1 Å². The highest BCUT2D eigenvalue weighted by Crippen LogP contribution is 2.25. The highest BCUT2D eigenvalue weighted by Gasteiger charge is 2.18. The van der Waals surface area contributed by atoms with E-state index < -0.39 is 29.2 Å². The molecule has 0 saturated carbocycles. The van der Waals surface area contributed by atoms with Gasteiger partial charge >= 0.3 is 17.9 Å². The van der Waals surface area contributed by atoms with E-state index in [2.05, 4.69) is 9.97 Å². The first-order valence-corrected chi connectivity index (χ1v) is 19.2. The molecule has 0 saturated heterocycles. The highest BCUT2D eigenvalue weighted by atomic mass is 35.5. The molecule has 0 atom stereocenters. The summed E-state index contributed by atoms with van der Waals surface area (Å²) in [7, 11) is 2.64. The van der Waals surface area contributed by atoms with Crippen molar-refractivity contribution >= 4 is 87.5 Å². The first kappa shape index (κ1) is 44.2. The van der Waals surface area contributed by atoms with Gasteiger partial charge in [-0.2, -0.15) is 0 Å². The van der Waals surface area contributed by atoms with Crippen LogP contribution in [0.15, 0.2) is 72.8 Å². The summed E-state index contributed by atoms with van der Waals surface area (Å²) in [5.74, 6) is -1.02. The van der Waals surface area contributed by atoms with E-state index in [0.717, 1.165) is 11.0 Å². The number of hydrogen-bond acceptors (Lipinski definition) is 9. The Morgan fingerprint density at radius 1 is 0.712 bits per heavy atom. The number of carbonyl (C=O) groups is 3. The van der Waals surface area contributed by atoms with E-state index in [9.17, 15) is 23.2 Å². The lowest BCUT2D eigenvalue weighted by Gasteiger charge is -2.19. The van der Waals surface area contributed by atoms with E-state index >= 15 is 0 Å². The lowest BCUT2D eigenvalue weighted by Crippen LogP contribution is -2.23. The van der Waals surface area contributed by atoms with Crippen molar-refractivity contribution in [1.29, 1.82) is 0 Å². The molecule has 0 radical (unpaired) electrons. The van der Waals surface area contributed by atoms with Crippen molar-refractivity contribution in [3.63, 3.8) is 0 Å². The number of benzene rings is 4. The Labute approximate surface area is 350 Å². The number of aromatic nitrogens is 4. The molecule has 0 aliphatic carbocycles. The number of ether oxygens (including phenoxy) is 3. The van der Waals surface area contributed by atoms with Crippen LogP contribution in [-0.2, 0) is 32.1 Å². The quantitative estimate of drug-likeness (QED) is 0.0942. The van der Waals surface area contributed by atoms with Crippen LogP contribution in [0.2, 0.25) is 10.0 Å². The predicted octanol–water partition coefficient (Wildman–Crippen LogP) is 9.65. The van der Waals surface area contributed by atoms with Gasteiger partial charge in [0.15, 0.2) is 0 Å². The molecule has 0 spiro atoms. The fourth-order valence-electron chi connectivity index (χ4n) is 6.04. The monoisotopic (exact) mass is 845 g/mol. The van der Waals surface area contributed by atoms with E-state index in [-0.39, 0.29) is 22.4 Å². The van der Waals surface area contributed by atoms with Gasteiger partial charge in [-0.1, -0.05) is 47.5 Å². The first-order valence-electron chi connectivity index (χ1n) is 18.5. The standard InChI is InChI=1S/C25H26ClFN2O4.C19H17ClFN3O2/c1-25(2,3)33-22(30)9-6-14-29-20-12-10-17(24(31)32-4)15-19(20)28-21(29)13-11-16-7-5-8-18(26)23(16)27;1-26-19(25)13-5-7-16-15(11-13)23-17(24(16)10-9-22)8-6-12-3-2-4-14(20)18(12)21/h5,7-8,10-13,15H,6,9,14H2,1-4H3;2-8,11H,9-10,22H2,1H3/b13-11+;8-6+. The molecule has 6 rings (SSSR count). The molecule has 2 N–H and O–H groups in total. The zero-order valence-corrected chi connectivity index (χ0v) is 34.6. The highest BCUT2D eigenvalue weighted by molar-refractivity contribution is 6.31. The molecule has 0 amide bonds. The Bertz CT molecular complexity index is 2560. The normalized spacial score (nSPS) is 11.6. The van der Waals surface area contributed by atoms with Crippen LogP contribution in [-0.4, -0.2) is 63.4 Å². The smallest absolute Gasteiger partial charge is 0.337 e. The maximum absolute atomic E-state index is 14.3. The topological polar surface area (TPSA) is 141 Å². The molecule has 2 heterocycles. The summed E-state index contributed by atoms with van der Waals surface area (Å²) in [5, 5.41) is 0.0936. The third-order valence-corrected chi connectivity index (χ3v) is 9.30. The fraction of sp³-hybridized carbons (Fsp3) is 0.250. The van der Waals surface area contributed by atoms with Crippen LogP contribution in [0.5, 0.6) is 0 Å². The van der Waals surface area contributed by atoms with Crippen LogP contribution in [0, 0.1) is 11.6 Å². The van der Waals surface area contributed by atoms with Crippen molar-refractivity contribution in [2.75, 3.05) is 20.8 Å². The van der Waals surface area contributed by atoms with Gasteiger partial charge in [0.1, 0.15) is 28.9 Å². The SMILES string of the molecule is COC(=O)c1ccc2c(c1)nc(/C=C/c1cccc(Cl)c1F)n2CCCC(=O)OC(C)(C)C.COC(=O)c1ccc2c(c1)nc(/C=C/c1cccc(Cl)c1F)n2CCN. The molecule has 0 fully saturated rings. The van der Waals surface area contributed by atoms with Gasteiger partial charge in [0.05, 0.1) is 57.5 Å². The molecular weight excluding hydrogens is 803 g/mol. The second kappa shape index (κ2) is 19.7. The number of methoxy groups -OCH3 is 2. The summed E-state index contributed by atoms with van der Waals surface area (Å²) in [4.78, 5) is 44.9. The van der Waals surface area contributed by atoms with Gasteiger partial charge < -0.3 is 29.1 Å². The number of nitrogens with two attached hydrogens (primary N) is 1. The second-order valence-corrected chi connectivity index (χ2v) is 14.9. The Morgan fingerprint density at radius 3 is 1.59 bits per heavy atom. The molecule has 0 aliphatic heterocycles. The fourth-order valence-corrected chi connectivity index (χ4v) is 6.40. The van der Waals surface area contributed by atoms with Crippen LogP contribution >= 0.6 is 23.2 Å². The predicted molar refractivity (Wildman–Crippen MR) is 227 cm³/mol. The summed E-state index contributed by atoms with van der Waals surface area (Å²) in [6.07, 6.45) is 7.34. The van der Waals surface area contributed by atoms with Crippen LogP contribution in [0.3, 0.4) is 0 Å². The number of rotatable bonds is 12. The van der Waals surface area contributed by atoms with Crippen molar-refractivity contribution in [1.82, 2.24) is 19.1 Å². The average molecular weight is 847 g/mol. The Balaban J connectivity index is 0.000000230. The van der Waals surface area contributed by atoms with Crippen molar-refractivity contribution in [2.24, 2.45) is 5.73 Å². The maximum Gasteiger partial charge on any atom is 0.337 e. The summed E-state index contributed by atoms with van der Waals surface area (Å²) < 4.78 is 47.1. The summed E-state index contributed by atoms with van der Waals surface area (Å²) >= 11 is 11.7. The molecule has 11 nitrogen and oxygen atoms in total. The van der Waals surface area contributed by atoms with Gasteiger partial charge in [-0.05, 0) is 100 Å². The zero-order valence-electron chi connectivity index (χ0n) is 33.1. The summed E-state index contributed by atoms with van der Waals surface area (Å²) in [6.45, 7) is 6.90. The number of fused-ring (bicyclic) bond motifs is 2. The van der Waals surface area contributed by atoms with E-state index in [1.807, 2.05) is 29.9 Å². The van der Waals surface area contributed by atoms with Crippen molar-refractivity contribution in [3.8, 4) is 0 Å². The number of imidazole rings is 2. The van der Waals surface area contributed by atoms with Crippen LogP contribution in [0.25, 0.3) is 46.4 Å². The van der Waals surface area contributed by atoms with Crippen LogP contribution < -0.4 is 5.73 Å². The van der Waals surface area contributed by atoms with Crippen LogP contribution in [0.4, 0.5) is 8.78 Å². The number of halogens is 4. The minimum absolute atomic E-state index is 0.0331. The lowest BCUT2D eigenvalue weighted by atomic mass is 10.2. The molecule has 2 aromatic heterocycles. The second-order valence-electron chi connectivity index (χ2n) is 14.1. The first-order chi connectivity index (χ1) is 28.1. The van der Waals surface area contributed by atoms with E-state index in [4.69, 9.17) is 43.1 Å². The number of hydrogen-bond donors (Lipinski definition) is 1. The van der Waals surface area contributed by atoms with E-state index in [1.165, 1.54) is 26.4 Å². The molecule has 4 aromatic carbocycles. The number of nitrogens with zero attached hydrogens (tertiary/aromatic N) is 4. The Hall–Kier alpha value is -5.89. The molecule has 6 aromatic rings.